The molecular weight excluding hydrogens is 336 g/mol. The van der Waals surface area contributed by atoms with E-state index in [0.717, 1.165) is 5.56 Å². The zero-order valence-electron chi connectivity index (χ0n) is 14.4. The van der Waals surface area contributed by atoms with Gasteiger partial charge in [0.1, 0.15) is 0 Å². The van der Waals surface area contributed by atoms with E-state index >= 15 is 0 Å². The van der Waals surface area contributed by atoms with E-state index in [-0.39, 0.29) is 17.9 Å². The minimum atomic E-state index is -0.452. The van der Waals surface area contributed by atoms with E-state index in [1.54, 1.807) is 26.4 Å². The molecule has 0 aliphatic carbocycles. The molecule has 0 fully saturated rings. The highest BCUT2D eigenvalue weighted by atomic mass is 16.5. The topological polar surface area (TPSA) is 93.7 Å². The molecule has 0 atom stereocenters. The maximum absolute atomic E-state index is 12.2. The number of methoxy groups -OCH3 is 2. The van der Waals surface area contributed by atoms with Crippen molar-refractivity contribution in [2.24, 2.45) is 0 Å². The molecule has 3 amide bonds. The van der Waals surface area contributed by atoms with E-state index in [2.05, 4.69) is 10.6 Å². The molecule has 2 aromatic carbocycles. The average molecular weight is 354 g/mol. The first-order valence-corrected chi connectivity index (χ1v) is 8.02. The summed E-state index contributed by atoms with van der Waals surface area (Å²) in [7, 11) is 3.12. The number of rotatable bonds is 6. The number of fused-ring (bicyclic) bond motifs is 1. The maximum Gasteiger partial charge on any atom is 0.259 e. The first kappa shape index (κ1) is 17.5. The summed E-state index contributed by atoms with van der Waals surface area (Å²) in [6.07, 6.45) is 0.786. The molecule has 3 rings (SSSR count). The van der Waals surface area contributed by atoms with Gasteiger partial charge < -0.3 is 14.8 Å². The molecule has 1 heterocycles. The third-order valence-corrected chi connectivity index (χ3v) is 4.11. The second-order valence-corrected chi connectivity index (χ2v) is 5.78. The van der Waals surface area contributed by atoms with E-state index in [9.17, 15) is 14.4 Å². The second-order valence-electron chi connectivity index (χ2n) is 5.78. The van der Waals surface area contributed by atoms with Crippen molar-refractivity contribution in [1.29, 1.82) is 0 Å². The highest BCUT2D eigenvalue weighted by Gasteiger charge is 2.26. The number of benzene rings is 2. The van der Waals surface area contributed by atoms with Crippen LogP contribution in [0.5, 0.6) is 11.5 Å². The van der Waals surface area contributed by atoms with Crippen molar-refractivity contribution in [3.63, 3.8) is 0 Å². The lowest BCUT2D eigenvalue weighted by Gasteiger charge is -2.10. The number of nitrogens with one attached hydrogen (secondary N) is 2. The predicted molar refractivity (Wildman–Crippen MR) is 94.7 cm³/mol. The van der Waals surface area contributed by atoms with Crippen LogP contribution in [0.25, 0.3) is 0 Å². The van der Waals surface area contributed by atoms with Gasteiger partial charge in [-0.1, -0.05) is 6.07 Å². The van der Waals surface area contributed by atoms with Crippen molar-refractivity contribution in [2.45, 2.75) is 12.8 Å². The van der Waals surface area contributed by atoms with Crippen molar-refractivity contribution in [3.8, 4) is 11.5 Å². The van der Waals surface area contributed by atoms with Crippen molar-refractivity contribution in [1.82, 2.24) is 5.32 Å². The van der Waals surface area contributed by atoms with Crippen LogP contribution < -0.4 is 20.1 Å². The Morgan fingerprint density at radius 1 is 0.962 bits per heavy atom. The van der Waals surface area contributed by atoms with Gasteiger partial charge in [-0.15, -0.1) is 0 Å². The lowest BCUT2D eigenvalue weighted by atomic mass is 10.1. The molecule has 0 saturated carbocycles. The number of hydrogen-bond acceptors (Lipinski definition) is 5. The van der Waals surface area contributed by atoms with Gasteiger partial charge in [0.25, 0.3) is 11.8 Å². The van der Waals surface area contributed by atoms with Crippen LogP contribution in [0.3, 0.4) is 0 Å². The van der Waals surface area contributed by atoms with Gasteiger partial charge in [0.05, 0.1) is 25.3 Å². The number of amides is 3. The molecule has 0 unspecified atom stereocenters. The number of anilines is 1. The first-order valence-electron chi connectivity index (χ1n) is 8.02. The van der Waals surface area contributed by atoms with Gasteiger partial charge >= 0.3 is 0 Å². The van der Waals surface area contributed by atoms with Crippen LogP contribution in [0.4, 0.5) is 5.69 Å². The Morgan fingerprint density at radius 3 is 2.42 bits per heavy atom. The van der Waals surface area contributed by atoms with Gasteiger partial charge in [0, 0.05) is 12.1 Å². The van der Waals surface area contributed by atoms with Crippen LogP contribution in [0.2, 0.25) is 0 Å². The van der Waals surface area contributed by atoms with Gasteiger partial charge in [-0.25, -0.2) is 0 Å². The fourth-order valence-corrected chi connectivity index (χ4v) is 2.76. The smallest absolute Gasteiger partial charge is 0.259 e. The highest BCUT2D eigenvalue weighted by Crippen LogP contribution is 2.28. The Labute approximate surface area is 150 Å². The van der Waals surface area contributed by atoms with E-state index in [1.807, 2.05) is 12.1 Å². The molecule has 0 saturated heterocycles. The van der Waals surface area contributed by atoms with Crippen molar-refractivity contribution >= 4 is 23.4 Å². The molecule has 7 nitrogen and oxygen atoms in total. The van der Waals surface area contributed by atoms with E-state index in [1.165, 1.54) is 12.1 Å². The summed E-state index contributed by atoms with van der Waals surface area (Å²) < 4.78 is 10.4. The molecule has 0 spiro atoms. The average Bonchev–Trinajstić information content (AvgIpc) is 2.93. The molecule has 2 N–H and O–H groups in total. The van der Waals surface area contributed by atoms with Crippen LogP contribution in [-0.2, 0) is 11.2 Å². The third kappa shape index (κ3) is 3.51. The quantitative estimate of drug-likeness (QED) is 0.776. The molecule has 1 aliphatic rings. The molecule has 0 bridgehead atoms. The first-order chi connectivity index (χ1) is 12.5. The number of ether oxygens (including phenoxy) is 2. The summed E-state index contributed by atoms with van der Waals surface area (Å²) in [4.78, 5) is 35.4. The lowest BCUT2D eigenvalue weighted by molar-refractivity contribution is -0.116. The number of carbonyl (C=O) groups excluding carboxylic acids is 3. The fourth-order valence-electron chi connectivity index (χ4n) is 2.76. The molecular formula is C19H18N2O5. The van der Waals surface area contributed by atoms with E-state index < -0.39 is 11.8 Å². The second kappa shape index (κ2) is 7.26. The Morgan fingerprint density at radius 2 is 1.69 bits per heavy atom. The van der Waals surface area contributed by atoms with E-state index in [4.69, 9.17) is 9.47 Å². The molecule has 2 aromatic rings. The number of hydrogen-bond donors (Lipinski definition) is 2. The lowest BCUT2D eigenvalue weighted by Crippen LogP contribution is -2.19. The highest BCUT2D eigenvalue weighted by molar-refractivity contribution is 6.22. The molecule has 0 aromatic heterocycles. The summed E-state index contributed by atoms with van der Waals surface area (Å²) >= 11 is 0. The number of aryl methyl sites for hydroxylation is 1. The van der Waals surface area contributed by atoms with Crippen LogP contribution in [0, 0.1) is 0 Å². The minimum Gasteiger partial charge on any atom is -0.493 e. The Hall–Kier alpha value is -3.35. The van der Waals surface area contributed by atoms with E-state index in [0.29, 0.717) is 29.2 Å². The SMILES string of the molecule is COc1ccc(CCC(=O)Nc2ccc3c(c2)C(=O)NC3=O)cc1OC. The zero-order chi connectivity index (χ0) is 18.7. The van der Waals surface area contributed by atoms with Crippen molar-refractivity contribution in [3.05, 3.63) is 53.1 Å². The van der Waals surface area contributed by atoms with Gasteiger partial charge in [-0.2, -0.15) is 0 Å². The molecule has 26 heavy (non-hydrogen) atoms. The van der Waals surface area contributed by atoms with Gasteiger partial charge in [-0.3, -0.25) is 19.7 Å². The molecule has 134 valence electrons. The normalized spacial score (nSPS) is 12.4. The van der Waals surface area contributed by atoms with Gasteiger partial charge in [0.15, 0.2) is 11.5 Å². The van der Waals surface area contributed by atoms with Crippen molar-refractivity contribution in [2.75, 3.05) is 19.5 Å². The molecule has 1 aliphatic heterocycles. The van der Waals surface area contributed by atoms with Gasteiger partial charge in [-0.05, 0) is 42.3 Å². The summed E-state index contributed by atoms with van der Waals surface area (Å²) in [5.41, 5.74) is 2.01. The number of imide groups is 1. The Kier molecular flexibility index (Phi) is 4.88. The fraction of sp³-hybridized carbons (Fsp3) is 0.211. The summed E-state index contributed by atoms with van der Waals surface area (Å²) in [6.45, 7) is 0. The van der Waals surface area contributed by atoms with Crippen LogP contribution >= 0.6 is 0 Å². The summed E-state index contributed by atoms with van der Waals surface area (Å²) in [5, 5.41) is 4.96. The Balaban J connectivity index is 1.62. The van der Waals surface area contributed by atoms with Crippen LogP contribution in [-0.4, -0.2) is 31.9 Å². The summed E-state index contributed by atoms with van der Waals surface area (Å²) in [6, 6.07) is 10.1. The standard InChI is InChI=1S/C19H18N2O5/c1-25-15-7-3-11(9-16(15)26-2)4-8-17(22)20-12-5-6-13-14(10-12)19(24)21-18(13)23/h3,5-7,9-10H,4,8H2,1-2H3,(H,20,22)(H,21,23,24). The molecule has 0 radical (unpaired) electrons. The van der Waals surface area contributed by atoms with Gasteiger partial charge in [0.2, 0.25) is 5.91 Å². The van der Waals surface area contributed by atoms with Crippen LogP contribution in [0.1, 0.15) is 32.7 Å². The third-order valence-electron chi connectivity index (χ3n) is 4.11. The minimum absolute atomic E-state index is 0.190. The zero-order valence-corrected chi connectivity index (χ0v) is 14.4. The molecule has 7 heteroatoms. The largest absolute Gasteiger partial charge is 0.493 e. The monoisotopic (exact) mass is 354 g/mol. The van der Waals surface area contributed by atoms with Crippen LogP contribution in [0.15, 0.2) is 36.4 Å². The Bertz CT molecular complexity index is 891. The number of carbonyl (C=O) groups is 3. The predicted octanol–water partition coefficient (Wildman–Crippen LogP) is 2.16. The van der Waals surface area contributed by atoms with Crippen molar-refractivity contribution < 1.29 is 23.9 Å². The summed E-state index contributed by atoms with van der Waals surface area (Å²) in [5.74, 6) is 0.179. The maximum atomic E-state index is 12.2.